The molecule has 35 heavy (non-hydrogen) atoms. The van der Waals surface area contributed by atoms with Crippen molar-refractivity contribution < 1.29 is 5.11 Å². The van der Waals surface area contributed by atoms with Crippen LogP contribution in [0, 0.1) is 58.2 Å². The molecule has 4 saturated carbocycles. The van der Waals surface area contributed by atoms with Gasteiger partial charge in [0.1, 0.15) is 0 Å². The van der Waals surface area contributed by atoms with Crippen LogP contribution in [0.4, 0.5) is 0 Å². The zero-order valence-electron chi connectivity index (χ0n) is 25.5. The Morgan fingerprint density at radius 3 is 2.14 bits per heavy atom. The van der Waals surface area contributed by atoms with Crippen molar-refractivity contribution in [2.45, 2.75) is 146 Å². The summed E-state index contributed by atoms with van der Waals surface area (Å²) in [6.07, 6.45) is 18.2. The predicted octanol–water partition coefficient (Wildman–Crippen LogP) is 11.2. The van der Waals surface area contributed by atoms with Crippen LogP contribution in [-0.2, 0) is 0 Å². The van der Waals surface area contributed by atoms with Gasteiger partial charge in [-0.3, -0.25) is 0 Å². The van der Waals surface area contributed by atoms with Crippen LogP contribution in [0.3, 0.4) is 0 Å². The number of allylic oxidation sites excluding steroid dienone is 1. The van der Waals surface area contributed by atoms with Gasteiger partial charge in [0.15, 0.2) is 0 Å². The summed E-state index contributed by atoms with van der Waals surface area (Å²) in [5, 5.41) is 9.62. The molecule has 0 aliphatic heterocycles. The van der Waals surface area contributed by atoms with E-state index in [9.17, 15) is 5.11 Å². The van der Waals surface area contributed by atoms with E-state index in [2.05, 4.69) is 41.2 Å². The Balaban J connectivity index is 0.00000103. The van der Waals surface area contributed by atoms with Crippen molar-refractivity contribution in [1.29, 1.82) is 0 Å². The van der Waals surface area contributed by atoms with E-state index in [0.717, 1.165) is 60.2 Å². The minimum Gasteiger partial charge on any atom is -0.513 e. The van der Waals surface area contributed by atoms with Gasteiger partial charge in [-0.2, -0.15) is 0 Å². The summed E-state index contributed by atoms with van der Waals surface area (Å²) >= 11 is 0. The first kappa shape index (κ1) is 30.8. The van der Waals surface area contributed by atoms with Crippen LogP contribution in [0.2, 0.25) is 0 Å². The topological polar surface area (TPSA) is 20.2 Å². The zero-order chi connectivity index (χ0) is 26.4. The van der Waals surface area contributed by atoms with Crippen LogP contribution < -0.4 is 0 Å². The summed E-state index contributed by atoms with van der Waals surface area (Å²) in [6, 6.07) is 0. The molecule has 10 atom stereocenters. The summed E-state index contributed by atoms with van der Waals surface area (Å²) in [4.78, 5) is 0. The summed E-state index contributed by atoms with van der Waals surface area (Å²) in [5.74, 6) is 7.85. The van der Waals surface area contributed by atoms with Gasteiger partial charge in [0.2, 0.25) is 0 Å². The average molecular weight is 489 g/mol. The fourth-order valence-electron chi connectivity index (χ4n) is 9.87. The summed E-state index contributed by atoms with van der Waals surface area (Å²) in [6.45, 7) is 24.5. The van der Waals surface area contributed by atoms with E-state index in [-0.39, 0.29) is 0 Å². The van der Waals surface area contributed by atoms with Crippen molar-refractivity contribution in [1.82, 2.24) is 0 Å². The van der Waals surface area contributed by atoms with Crippen LogP contribution in [-0.4, -0.2) is 5.11 Å². The SMILES string of the molecule is C=C(O)CCC(C)C1CCC2C3CCC4CC(C[C@H](C)CC)CCC4(C)C3CCC12C.CC.CC. The van der Waals surface area contributed by atoms with Gasteiger partial charge in [0, 0.05) is 6.42 Å². The Hall–Kier alpha value is -0.460. The zero-order valence-corrected chi connectivity index (χ0v) is 25.5. The van der Waals surface area contributed by atoms with Crippen LogP contribution >= 0.6 is 0 Å². The third-order valence-electron chi connectivity index (χ3n) is 11.9. The van der Waals surface area contributed by atoms with Crippen molar-refractivity contribution in [3.8, 4) is 0 Å². The lowest BCUT2D eigenvalue weighted by Crippen LogP contribution is -2.53. The summed E-state index contributed by atoms with van der Waals surface area (Å²) in [5.41, 5.74) is 1.18. The van der Waals surface area contributed by atoms with Crippen LogP contribution in [0.25, 0.3) is 0 Å². The maximum atomic E-state index is 9.62. The van der Waals surface area contributed by atoms with Gasteiger partial charge in [0.05, 0.1) is 5.76 Å². The molecule has 0 radical (unpaired) electrons. The summed E-state index contributed by atoms with van der Waals surface area (Å²) < 4.78 is 0. The maximum Gasteiger partial charge on any atom is 0.0851 e. The van der Waals surface area contributed by atoms with Crippen LogP contribution in [0.15, 0.2) is 12.3 Å². The molecule has 0 aromatic carbocycles. The van der Waals surface area contributed by atoms with Crippen LogP contribution in [0.1, 0.15) is 146 Å². The normalized spacial score (nSPS) is 41.5. The smallest absolute Gasteiger partial charge is 0.0851 e. The van der Waals surface area contributed by atoms with Crippen LogP contribution in [0.5, 0.6) is 0 Å². The lowest BCUT2D eigenvalue weighted by atomic mass is 9.44. The number of hydrogen-bond acceptors (Lipinski definition) is 1. The Morgan fingerprint density at radius 1 is 0.886 bits per heavy atom. The van der Waals surface area contributed by atoms with Gasteiger partial charge >= 0.3 is 0 Å². The molecule has 0 aromatic heterocycles. The Bertz CT molecular complexity index is 639. The fourth-order valence-corrected chi connectivity index (χ4v) is 9.87. The third-order valence-corrected chi connectivity index (χ3v) is 11.9. The van der Waals surface area contributed by atoms with Gasteiger partial charge in [-0.05, 0) is 129 Å². The molecule has 206 valence electrons. The number of hydrogen-bond donors (Lipinski definition) is 1. The average Bonchev–Trinajstić information content (AvgIpc) is 3.22. The fraction of sp³-hybridized carbons (Fsp3) is 0.941. The molecule has 0 aromatic rings. The Kier molecular flexibility index (Phi) is 11.8. The molecule has 9 unspecified atom stereocenters. The van der Waals surface area contributed by atoms with E-state index in [1.165, 1.54) is 70.6 Å². The Morgan fingerprint density at radius 2 is 1.51 bits per heavy atom. The molecular weight excluding hydrogens is 424 g/mol. The first-order valence-corrected chi connectivity index (χ1v) is 16.1. The van der Waals surface area contributed by atoms with E-state index in [1.54, 1.807) is 0 Å². The molecule has 0 amide bonds. The molecule has 4 aliphatic carbocycles. The molecule has 4 aliphatic rings. The molecule has 1 heteroatoms. The molecule has 0 saturated heterocycles. The molecule has 0 spiro atoms. The standard InChI is InChI=1S/C30H52O.2C2H6/c1-7-20(2)18-23-14-16-29(5)24(19-23)10-11-25-27-13-12-26(21(3)8-9-22(4)31)30(27,6)17-15-28(25)29;2*1-2/h20-21,23-28,31H,4,7-19H2,1-3,5-6H3;2*1-2H3/t20-,21?,23?,24?,25?,26?,27?,28?,29?,30?;;/m1../s1. The number of rotatable bonds is 7. The van der Waals surface area contributed by atoms with E-state index in [0.29, 0.717) is 16.6 Å². The van der Waals surface area contributed by atoms with Gasteiger partial charge in [-0.25, -0.2) is 0 Å². The second-order valence-electron chi connectivity index (χ2n) is 13.4. The molecular formula is C34H64O. The highest BCUT2D eigenvalue weighted by molar-refractivity contribution is 5.09. The highest BCUT2D eigenvalue weighted by Crippen LogP contribution is 2.68. The van der Waals surface area contributed by atoms with Crippen molar-refractivity contribution >= 4 is 0 Å². The van der Waals surface area contributed by atoms with E-state index in [1.807, 2.05) is 27.7 Å². The largest absolute Gasteiger partial charge is 0.513 e. The van der Waals surface area contributed by atoms with Crippen molar-refractivity contribution in [2.24, 2.45) is 58.2 Å². The van der Waals surface area contributed by atoms with Gasteiger partial charge in [0.25, 0.3) is 0 Å². The van der Waals surface area contributed by atoms with Crippen molar-refractivity contribution in [2.75, 3.05) is 0 Å². The van der Waals surface area contributed by atoms with E-state index < -0.39 is 0 Å². The maximum absolute atomic E-state index is 9.62. The van der Waals surface area contributed by atoms with Gasteiger partial charge in [-0.15, -0.1) is 0 Å². The van der Waals surface area contributed by atoms with Crippen molar-refractivity contribution in [3.05, 3.63) is 12.3 Å². The van der Waals surface area contributed by atoms with Gasteiger partial charge in [-0.1, -0.05) is 75.3 Å². The van der Waals surface area contributed by atoms with E-state index >= 15 is 0 Å². The highest BCUT2D eigenvalue weighted by atomic mass is 16.3. The second-order valence-corrected chi connectivity index (χ2v) is 13.4. The quantitative estimate of drug-likeness (QED) is 0.353. The molecule has 4 rings (SSSR count). The second kappa shape index (κ2) is 13.4. The molecule has 0 heterocycles. The predicted molar refractivity (Wildman–Crippen MR) is 156 cm³/mol. The van der Waals surface area contributed by atoms with Crippen molar-refractivity contribution in [3.63, 3.8) is 0 Å². The number of fused-ring (bicyclic) bond motifs is 5. The number of aliphatic hydroxyl groups is 1. The van der Waals surface area contributed by atoms with Gasteiger partial charge < -0.3 is 5.11 Å². The molecule has 4 fully saturated rings. The molecule has 0 bridgehead atoms. The lowest BCUT2D eigenvalue weighted by Gasteiger charge is -2.61. The minimum absolute atomic E-state index is 0.380. The minimum atomic E-state index is 0.380. The highest BCUT2D eigenvalue weighted by Gasteiger charge is 2.60. The Labute approximate surface area is 221 Å². The number of aliphatic hydroxyl groups excluding tert-OH is 1. The summed E-state index contributed by atoms with van der Waals surface area (Å²) in [7, 11) is 0. The van der Waals surface area contributed by atoms with E-state index in [4.69, 9.17) is 0 Å². The third kappa shape index (κ3) is 6.34. The molecule has 1 N–H and O–H groups in total. The molecule has 1 nitrogen and oxygen atoms in total. The monoisotopic (exact) mass is 488 g/mol. The first-order chi connectivity index (χ1) is 16.7. The first-order valence-electron chi connectivity index (χ1n) is 16.1. The lowest BCUT2D eigenvalue weighted by molar-refractivity contribution is -0.122.